The molecule has 5 aromatic carbocycles. The summed E-state index contributed by atoms with van der Waals surface area (Å²) in [6.45, 7) is 7.53. The molecule has 45 heavy (non-hydrogen) atoms. The summed E-state index contributed by atoms with van der Waals surface area (Å²) in [4.78, 5) is 0. The molecule has 5 rings (SSSR count). The van der Waals surface area contributed by atoms with E-state index >= 15 is 0 Å². The van der Waals surface area contributed by atoms with E-state index in [9.17, 15) is 0 Å². The van der Waals surface area contributed by atoms with Crippen LogP contribution in [0.5, 0.6) is 11.5 Å². The Morgan fingerprint density at radius 3 is 1.20 bits per heavy atom. The summed E-state index contributed by atoms with van der Waals surface area (Å²) in [6, 6.07) is 48.9. The van der Waals surface area contributed by atoms with Gasteiger partial charge in [0.05, 0.1) is 13.2 Å². The van der Waals surface area contributed by atoms with Crippen molar-refractivity contribution in [2.45, 2.75) is 33.6 Å². The molecule has 2 N–H and O–H groups in total. The maximum atomic E-state index is 5.40. The van der Waals surface area contributed by atoms with E-state index in [4.69, 9.17) is 21.7 Å². The Bertz CT molecular complexity index is 1400. The van der Waals surface area contributed by atoms with Crippen LogP contribution in [0, 0.1) is 0 Å². The van der Waals surface area contributed by atoms with Crippen LogP contribution in [0.15, 0.2) is 140 Å². The van der Waals surface area contributed by atoms with Crippen LogP contribution in [0.25, 0.3) is 0 Å². The first-order valence-electron chi connectivity index (χ1n) is 15.8. The average molecular weight is 637 g/mol. The summed E-state index contributed by atoms with van der Waals surface area (Å²) in [6.07, 6.45) is 3.77. The third-order valence-corrected chi connectivity index (χ3v) is 12.8. The minimum atomic E-state index is -1.94. The van der Waals surface area contributed by atoms with Crippen LogP contribution in [0.1, 0.15) is 33.6 Å². The summed E-state index contributed by atoms with van der Waals surface area (Å²) in [5.74, 6) is 1.69. The molecular formula is C39H45N2O2PS. The van der Waals surface area contributed by atoms with Crippen LogP contribution < -0.4 is 36.0 Å². The number of nitrogens with one attached hydrogen (secondary N) is 2. The van der Waals surface area contributed by atoms with E-state index in [0.717, 1.165) is 22.9 Å². The molecule has 0 fully saturated rings. The Balaban J connectivity index is 0.000000205. The SMILES string of the molecule is CCCC[PH](c1ccccc1)(c1ccccc1)c1ccccc1.CCOc1ccc(NC(=S)Nc2ccc(OCC)cc2)cc1. The van der Waals surface area contributed by atoms with Crippen molar-refractivity contribution in [1.82, 2.24) is 0 Å². The zero-order valence-electron chi connectivity index (χ0n) is 26.5. The van der Waals surface area contributed by atoms with Crippen molar-refractivity contribution >= 4 is 51.9 Å². The molecule has 0 heterocycles. The summed E-state index contributed by atoms with van der Waals surface area (Å²) >= 11 is 5.30. The van der Waals surface area contributed by atoms with Gasteiger partial charge >= 0.3 is 140 Å². The molecule has 0 saturated carbocycles. The fourth-order valence-corrected chi connectivity index (χ4v) is 10.7. The zero-order valence-corrected chi connectivity index (χ0v) is 28.4. The van der Waals surface area contributed by atoms with E-state index in [-0.39, 0.29) is 0 Å². The Morgan fingerprint density at radius 1 is 0.533 bits per heavy atom. The Hall–Kier alpha value is -4.18. The second-order valence-corrected chi connectivity index (χ2v) is 15.1. The van der Waals surface area contributed by atoms with Gasteiger partial charge in [0.2, 0.25) is 0 Å². The molecule has 0 amide bonds. The van der Waals surface area contributed by atoms with Gasteiger partial charge < -0.3 is 20.1 Å². The van der Waals surface area contributed by atoms with E-state index in [1.165, 1.54) is 34.9 Å². The van der Waals surface area contributed by atoms with Crippen molar-refractivity contribution in [2.24, 2.45) is 0 Å². The Kier molecular flexibility index (Phi) is 13.4. The van der Waals surface area contributed by atoms with Crippen molar-refractivity contribution in [1.29, 1.82) is 0 Å². The second-order valence-electron chi connectivity index (χ2n) is 10.6. The Labute approximate surface area is 275 Å². The predicted molar refractivity (Wildman–Crippen MR) is 201 cm³/mol. The maximum absolute atomic E-state index is 5.40. The molecule has 0 radical (unpaired) electrons. The van der Waals surface area contributed by atoms with Crippen molar-refractivity contribution < 1.29 is 9.47 Å². The molecule has 4 nitrogen and oxygen atoms in total. The molecule has 0 spiro atoms. The third-order valence-electron chi connectivity index (χ3n) is 7.55. The summed E-state index contributed by atoms with van der Waals surface area (Å²) in [5, 5.41) is 11.4. The average Bonchev–Trinajstić information content (AvgIpc) is 3.09. The van der Waals surface area contributed by atoms with Crippen molar-refractivity contribution in [2.75, 3.05) is 30.0 Å². The van der Waals surface area contributed by atoms with Crippen LogP contribution in [-0.4, -0.2) is 24.5 Å². The number of unbranched alkanes of at least 4 members (excludes halogenated alkanes) is 1. The number of anilines is 2. The van der Waals surface area contributed by atoms with Gasteiger partial charge in [-0.25, -0.2) is 0 Å². The van der Waals surface area contributed by atoms with Gasteiger partial charge in [0.25, 0.3) is 0 Å². The van der Waals surface area contributed by atoms with Gasteiger partial charge in [-0.3, -0.25) is 0 Å². The first-order valence-corrected chi connectivity index (χ1v) is 18.4. The van der Waals surface area contributed by atoms with E-state index in [1.807, 2.05) is 62.4 Å². The molecule has 5 aromatic rings. The topological polar surface area (TPSA) is 42.5 Å². The van der Waals surface area contributed by atoms with E-state index in [1.54, 1.807) is 0 Å². The fourth-order valence-electron chi connectivity index (χ4n) is 5.44. The monoisotopic (exact) mass is 636 g/mol. The molecule has 0 aliphatic rings. The van der Waals surface area contributed by atoms with E-state index in [0.29, 0.717) is 18.3 Å². The smallest absolute Gasteiger partial charge is 0.175 e. The first kappa shape index (κ1) is 33.7. The number of hydrogen-bond donors (Lipinski definition) is 2. The molecule has 0 atom stereocenters. The van der Waals surface area contributed by atoms with E-state index < -0.39 is 7.26 Å². The molecule has 0 aliphatic heterocycles. The molecule has 0 unspecified atom stereocenters. The molecular weight excluding hydrogens is 591 g/mol. The van der Waals surface area contributed by atoms with Gasteiger partial charge in [-0.1, -0.05) is 0 Å². The van der Waals surface area contributed by atoms with Crippen LogP contribution in [0.3, 0.4) is 0 Å². The normalized spacial score (nSPS) is 11.0. The van der Waals surface area contributed by atoms with Gasteiger partial charge in [-0.05, 0) is 74.6 Å². The van der Waals surface area contributed by atoms with Gasteiger partial charge in [-0.15, -0.1) is 0 Å². The van der Waals surface area contributed by atoms with Crippen LogP contribution in [0.4, 0.5) is 11.4 Å². The van der Waals surface area contributed by atoms with Crippen molar-refractivity contribution in [3.05, 3.63) is 140 Å². The van der Waals surface area contributed by atoms with Gasteiger partial charge in [-0.2, -0.15) is 0 Å². The van der Waals surface area contributed by atoms with Crippen LogP contribution in [-0.2, 0) is 0 Å². The maximum Gasteiger partial charge on any atom is 0.175 e. The fraction of sp³-hybridized carbons (Fsp3) is 0.205. The molecule has 0 saturated heterocycles. The van der Waals surface area contributed by atoms with Crippen molar-refractivity contribution in [3.8, 4) is 11.5 Å². The Morgan fingerprint density at radius 2 is 0.889 bits per heavy atom. The summed E-state index contributed by atoms with van der Waals surface area (Å²) in [5.41, 5.74) is 1.82. The minimum absolute atomic E-state index is 0.535. The number of rotatable bonds is 12. The van der Waals surface area contributed by atoms with Gasteiger partial charge in [0.1, 0.15) is 11.5 Å². The van der Waals surface area contributed by atoms with E-state index in [2.05, 4.69) is 109 Å². The summed E-state index contributed by atoms with van der Waals surface area (Å²) in [7, 11) is -1.94. The van der Waals surface area contributed by atoms with Gasteiger partial charge in [0.15, 0.2) is 5.11 Å². The molecule has 0 aliphatic carbocycles. The third kappa shape index (κ3) is 9.65. The largest absolute Gasteiger partial charge is 0.494 e. The number of ether oxygens (including phenoxy) is 2. The first-order chi connectivity index (χ1) is 22.1. The predicted octanol–water partition coefficient (Wildman–Crippen LogP) is 8.81. The van der Waals surface area contributed by atoms with Crippen LogP contribution >= 0.6 is 19.5 Å². The minimum Gasteiger partial charge on any atom is -0.494 e. The molecule has 0 aromatic heterocycles. The number of benzene rings is 5. The summed E-state index contributed by atoms with van der Waals surface area (Å²) < 4.78 is 10.8. The standard InChI is InChI=1S/C22H25P.C17H20N2O2S/c1-2-3-19-23(20-13-7-4-8-14-20,21-15-9-5-10-16-21)22-17-11-6-12-18-22;1-3-20-15-9-5-13(6-10-15)18-17(22)19-14-7-11-16(12-8-14)21-4-2/h4-18,23H,2-3,19H2,1H3;5-12H,3-4H2,1-2H3,(H2,18,19,22). The molecule has 234 valence electrons. The number of thiocarbonyl (C=S) groups is 1. The number of hydrogen-bond acceptors (Lipinski definition) is 3. The van der Waals surface area contributed by atoms with Crippen LogP contribution in [0.2, 0.25) is 0 Å². The quantitative estimate of drug-likeness (QED) is 0.106. The van der Waals surface area contributed by atoms with Crippen molar-refractivity contribution in [3.63, 3.8) is 0 Å². The second kappa shape index (κ2) is 17.9. The zero-order chi connectivity index (χ0) is 31.7. The molecule has 0 bridgehead atoms. The molecule has 6 heteroatoms. The van der Waals surface area contributed by atoms with Gasteiger partial charge in [0, 0.05) is 11.4 Å².